The molecule has 0 aromatic rings. The zero-order valence-electron chi connectivity index (χ0n) is 7.08. The van der Waals surface area contributed by atoms with Crippen molar-refractivity contribution >= 4 is 6.09 Å². The predicted molar refractivity (Wildman–Crippen MR) is 42.8 cm³/mol. The molecule has 1 amide bonds. The van der Waals surface area contributed by atoms with Crippen molar-refractivity contribution in [2.24, 2.45) is 5.92 Å². The molecule has 70 valence electrons. The second-order valence-electron chi connectivity index (χ2n) is 3.21. The lowest BCUT2D eigenvalue weighted by molar-refractivity contribution is 0.0719. The van der Waals surface area contributed by atoms with Crippen LogP contribution in [0.1, 0.15) is 32.1 Å². The summed E-state index contributed by atoms with van der Waals surface area (Å²) in [5.74, 6) is 0.496. The molecule has 2 N–H and O–H groups in total. The van der Waals surface area contributed by atoms with Gasteiger partial charge in [0.1, 0.15) is 0 Å². The third-order valence-corrected chi connectivity index (χ3v) is 2.27. The minimum atomic E-state index is -0.749. The van der Waals surface area contributed by atoms with E-state index in [0.29, 0.717) is 12.5 Å². The van der Waals surface area contributed by atoms with Gasteiger partial charge in [0.2, 0.25) is 0 Å². The summed E-state index contributed by atoms with van der Waals surface area (Å²) in [6.07, 6.45) is 5.28. The molecule has 0 aromatic heterocycles. The molecule has 1 saturated carbocycles. The molecule has 0 radical (unpaired) electrons. The highest BCUT2D eigenvalue weighted by Gasteiger charge is 2.14. The molecule has 0 unspecified atom stereocenters. The summed E-state index contributed by atoms with van der Waals surface area (Å²) in [7, 11) is 0. The van der Waals surface area contributed by atoms with Crippen LogP contribution in [0.25, 0.3) is 0 Å². The first kappa shape index (κ1) is 9.32. The summed E-state index contributed by atoms with van der Waals surface area (Å²) < 4.78 is 4.73. The highest BCUT2D eigenvalue weighted by atomic mass is 16.6. The Balaban J connectivity index is 2.09. The first-order chi connectivity index (χ1) is 5.83. The number of ether oxygens (including phenoxy) is 1. The Hall–Kier alpha value is -0.770. The van der Waals surface area contributed by atoms with Crippen LogP contribution in [0.4, 0.5) is 4.79 Å². The van der Waals surface area contributed by atoms with Crippen LogP contribution in [0, 0.1) is 5.92 Å². The van der Waals surface area contributed by atoms with Gasteiger partial charge in [-0.05, 0) is 18.8 Å². The Labute approximate surface area is 71.9 Å². The van der Waals surface area contributed by atoms with Gasteiger partial charge in [0.05, 0.1) is 6.61 Å². The number of carbonyl (C=O) groups is 1. The smallest absolute Gasteiger partial charge is 0.431 e. The summed E-state index contributed by atoms with van der Waals surface area (Å²) in [5.41, 5.74) is 1.44. The van der Waals surface area contributed by atoms with Crippen molar-refractivity contribution in [1.82, 2.24) is 5.48 Å². The molecule has 0 aromatic carbocycles. The number of carbonyl (C=O) groups excluding carboxylic acids is 1. The molecule has 0 heterocycles. The maximum atomic E-state index is 10.5. The number of hydrogen-bond acceptors (Lipinski definition) is 3. The largest absolute Gasteiger partial charge is 0.448 e. The molecule has 0 spiro atoms. The lowest BCUT2D eigenvalue weighted by atomic mass is 9.90. The molecule has 0 aliphatic heterocycles. The second kappa shape index (κ2) is 4.98. The van der Waals surface area contributed by atoms with Crippen molar-refractivity contribution in [2.45, 2.75) is 32.1 Å². The Morgan fingerprint density at radius 2 is 2.08 bits per heavy atom. The zero-order chi connectivity index (χ0) is 8.81. The molecule has 0 saturated heterocycles. The quantitative estimate of drug-likeness (QED) is 0.493. The third-order valence-electron chi connectivity index (χ3n) is 2.27. The van der Waals surface area contributed by atoms with Crippen molar-refractivity contribution in [3.63, 3.8) is 0 Å². The molecule has 4 nitrogen and oxygen atoms in total. The summed E-state index contributed by atoms with van der Waals surface area (Å²) in [6.45, 7) is 0.437. The number of hydroxylamine groups is 1. The fourth-order valence-corrected chi connectivity index (χ4v) is 1.58. The Bertz CT molecular complexity index is 143. The first-order valence-electron chi connectivity index (χ1n) is 4.40. The molecule has 12 heavy (non-hydrogen) atoms. The van der Waals surface area contributed by atoms with Gasteiger partial charge >= 0.3 is 6.09 Å². The van der Waals surface area contributed by atoms with Gasteiger partial charge in [-0.15, -0.1) is 0 Å². The van der Waals surface area contributed by atoms with Gasteiger partial charge in [-0.3, -0.25) is 5.21 Å². The SMILES string of the molecule is O=C(NO)OCC1CCCCC1. The molecule has 1 rings (SSSR count). The summed E-state index contributed by atoms with van der Waals surface area (Å²) in [4.78, 5) is 10.5. The van der Waals surface area contributed by atoms with Crippen LogP contribution in [0.3, 0.4) is 0 Å². The predicted octanol–water partition coefficient (Wildman–Crippen LogP) is 1.68. The van der Waals surface area contributed by atoms with E-state index in [-0.39, 0.29) is 0 Å². The van der Waals surface area contributed by atoms with E-state index in [1.165, 1.54) is 24.7 Å². The summed E-state index contributed by atoms with van der Waals surface area (Å²) in [5, 5.41) is 8.14. The number of rotatable bonds is 2. The van der Waals surface area contributed by atoms with Gasteiger partial charge in [0.25, 0.3) is 0 Å². The van der Waals surface area contributed by atoms with Crippen molar-refractivity contribution in [1.29, 1.82) is 0 Å². The van der Waals surface area contributed by atoms with Crippen molar-refractivity contribution in [3.05, 3.63) is 0 Å². The van der Waals surface area contributed by atoms with Gasteiger partial charge in [-0.25, -0.2) is 10.3 Å². The van der Waals surface area contributed by atoms with Crippen LogP contribution in [0.15, 0.2) is 0 Å². The van der Waals surface area contributed by atoms with Gasteiger partial charge in [-0.1, -0.05) is 19.3 Å². The molecule has 1 aliphatic rings. The lowest BCUT2D eigenvalue weighted by Crippen LogP contribution is -2.24. The average molecular weight is 173 g/mol. The fourth-order valence-electron chi connectivity index (χ4n) is 1.58. The molecule has 0 atom stereocenters. The molecule has 4 heteroatoms. The zero-order valence-corrected chi connectivity index (χ0v) is 7.08. The van der Waals surface area contributed by atoms with E-state index in [1.54, 1.807) is 0 Å². The van der Waals surface area contributed by atoms with Crippen LogP contribution in [0.5, 0.6) is 0 Å². The number of hydrogen-bond donors (Lipinski definition) is 2. The van der Waals surface area contributed by atoms with Crippen LogP contribution in [0.2, 0.25) is 0 Å². The summed E-state index contributed by atoms with van der Waals surface area (Å²) >= 11 is 0. The molecule has 1 aliphatic carbocycles. The molecule has 1 fully saturated rings. The molecular formula is C8H15NO3. The minimum Gasteiger partial charge on any atom is -0.448 e. The lowest BCUT2D eigenvalue weighted by Gasteiger charge is -2.20. The number of nitrogens with one attached hydrogen (secondary N) is 1. The van der Waals surface area contributed by atoms with Crippen molar-refractivity contribution < 1.29 is 14.7 Å². The monoisotopic (exact) mass is 173 g/mol. The van der Waals surface area contributed by atoms with Crippen molar-refractivity contribution in [3.8, 4) is 0 Å². The van der Waals surface area contributed by atoms with Crippen LogP contribution in [-0.4, -0.2) is 17.9 Å². The van der Waals surface area contributed by atoms with E-state index < -0.39 is 6.09 Å². The first-order valence-corrected chi connectivity index (χ1v) is 4.40. The van der Waals surface area contributed by atoms with Crippen LogP contribution < -0.4 is 5.48 Å². The van der Waals surface area contributed by atoms with Crippen LogP contribution in [-0.2, 0) is 4.74 Å². The van der Waals surface area contributed by atoms with E-state index in [4.69, 9.17) is 9.94 Å². The van der Waals surface area contributed by atoms with Crippen molar-refractivity contribution in [2.75, 3.05) is 6.61 Å². The van der Waals surface area contributed by atoms with E-state index in [0.717, 1.165) is 12.8 Å². The molecular weight excluding hydrogens is 158 g/mol. The fraction of sp³-hybridized carbons (Fsp3) is 0.875. The normalized spacial score (nSPS) is 18.8. The second-order valence-corrected chi connectivity index (χ2v) is 3.21. The van der Waals surface area contributed by atoms with E-state index >= 15 is 0 Å². The van der Waals surface area contributed by atoms with Gasteiger partial charge in [0.15, 0.2) is 0 Å². The Kier molecular flexibility index (Phi) is 3.87. The van der Waals surface area contributed by atoms with E-state index in [1.807, 2.05) is 0 Å². The third kappa shape index (κ3) is 3.09. The maximum Gasteiger partial charge on any atom is 0.431 e. The topological polar surface area (TPSA) is 58.6 Å². The van der Waals surface area contributed by atoms with Gasteiger partial charge in [0, 0.05) is 0 Å². The standard InChI is InChI=1S/C8H15NO3/c10-8(9-11)12-6-7-4-2-1-3-5-7/h7,11H,1-6H2,(H,9,10). The highest BCUT2D eigenvalue weighted by Crippen LogP contribution is 2.23. The molecule has 0 bridgehead atoms. The average Bonchev–Trinajstić information content (AvgIpc) is 2.16. The maximum absolute atomic E-state index is 10.5. The van der Waals surface area contributed by atoms with Gasteiger partial charge < -0.3 is 4.74 Å². The minimum absolute atomic E-state index is 0.437. The van der Waals surface area contributed by atoms with E-state index in [9.17, 15) is 4.79 Å². The Morgan fingerprint density at radius 1 is 1.42 bits per heavy atom. The van der Waals surface area contributed by atoms with Gasteiger partial charge in [-0.2, -0.15) is 0 Å². The van der Waals surface area contributed by atoms with E-state index in [2.05, 4.69) is 0 Å². The number of amides is 1. The highest BCUT2D eigenvalue weighted by molar-refractivity contribution is 5.65. The van der Waals surface area contributed by atoms with Crippen LogP contribution >= 0.6 is 0 Å². The Morgan fingerprint density at radius 3 is 2.67 bits per heavy atom. The summed E-state index contributed by atoms with van der Waals surface area (Å²) in [6, 6.07) is 0.